The summed E-state index contributed by atoms with van der Waals surface area (Å²) >= 11 is 0. The van der Waals surface area contributed by atoms with Crippen LogP contribution in [-0.2, 0) is 127 Å². The van der Waals surface area contributed by atoms with Crippen LogP contribution in [0.25, 0.3) is 0 Å². The van der Waals surface area contributed by atoms with Gasteiger partial charge in [0.05, 0.1) is 0 Å². The molecular weight excluding hydrogens is 996 g/mol. The van der Waals surface area contributed by atoms with Gasteiger partial charge in [0.2, 0.25) is 0 Å². The third-order valence-electron chi connectivity index (χ3n) is 7.54. The zero-order chi connectivity index (χ0) is 34.2. The van der Waals surface area contributed by atoms with Crippen molar-refractivity contribution in [2.24, 2.45) is 11.8 Å². The van der Waals surface area contributed by atoms with Crippen LogP contribution < -0.4 is 15.9 Å². The number of hydrogen-bond donors (Lipinski definition) is 0. The zero-order valence-corrected chi connectivity index (χ0v) is 37.4. The molecule has 1 saturated carbocycles. The van der Waals surface area contributed by atoms with Gasteiger partial charge in [-0.15, -0.1) is 5.92 Å². The molecule has 3 atom stereocenters. The van der Waals surface area contributed by atoms with E-state index in [4.69, 9.17) is 9.47 Å². The summed E-state index contributed by atoms with van der Waals surface area (Å²) in [7, 11) is 3.29. The maximum Gasteiger partial charge on any atom is 0.303 e. The molecular formula is C40H40O7PPtY2-3. The molecule has 0 bridgehead atoms. The molecule has 4 aromatic carbocycles. The maximum atomic E-state index is 12.2. The van der Waals surface area contributed by atoms with E-state index in [0.29, 0.717) is 13.0 Å². The van der Waals surface area contributed by atoms with E-state index < -0.39 is 12.9 Å². The minimum Gasteiger partial charge on any atom is -0.637 e. The Morgan fingerprint density at radius 2 is 1.27 bits per heavy atom. The molecule has 0 unspecified atom stereocenters. The van der Waals surface area contributed by atoms with Crippen molar-refractivity contribution in [1.29, 1.82) is 0 Å². The van der Waals surface area contributed by atoms with E-state index in [1.807, 2.05) is 110 Å². The third kappa shape index (κ3) is 15.2. The molecule has 6 rings (SSSR count). The van der Waals surface area contributed by atoms with Crippen LogP contribution in [0.3, 0.4) is 0 Å². The van der Waals surface area contributed by atoms with Gasteiger partial charge in [0.25, 0.3) is 5.97 Å². The summed E-state index contributed by atoms with van der Waals surface area (Å²) in [6.45, 7) is 3.00. The van der Waals surface area contributed by atoms with Crippen molar-refractivity contribution in [2.45, 2.75) is 33.0 Å². The Hall–Kier alpha value is -1.78. The number of ketones is 1. The van der Waals surface area contributed by atoms with Gasteiger partial charge in [-0.3, -0.25) is 9.68 Å². The van der Waals surface area contributed by atoms with Gasteiger partial charge in [0.1, 0.15) is 12.4 Å². The molecule has 0 amide bonds. The minimum absolute atomic E-state index is 0. The van der Waals surface area contributed by atoms with Gasteiger partial charge >= 0.3 is 5.97 Å². The van der Waals surface area contributed by atoms with Crippen molar-refractivity contribution < 1.29 is 120 Å². The second-order valence-corrected chi connectivity index (χ2v) is 14.3. The molecule has 2 radical (unpaired) electrons. The average Bonchev–Trinajstić information content (AvgIpc) is 3.91. The van der Waals surface area contributed by atoms with Crippen LogP contribution in [0, 0.1) is 32.0 Å². The number of carbonyl (C=O) groups is 3. The normalized spacial score (nSPS) is 16.5. The Morgan fingerprint density at radius 3 is 1.63 bits per heavy atom. The van der Waals surface area contributed by atoms with Gasteiger partial charge in [-0.2, -0.15) is 19.1 Å². The van der Waals surface area contributed by atoms with Crippen LogP contribution in [0.15, 0.2) is 133 Å². The third-order valence-corrected chi connectivity index (χ3v) is 11.5. The Kier molecular flexibility index (Phi) is 23.4. The van der Waals surface area contributed by atoms with E-state index in [9.17, 15) is 14.4 Å². The number of ether oxygens (including phenoxy) is 2. The second-order valence-electron chi connectivity index (χ2n) is 11.1. The minimum atomic E-state index is -2.27. The quantitative estimate of drug-likeness (QED) is 0.0840. The SMILES string of the molecule is CC(=O)[C@H]1[CH-][C@@H]1CC(=O)OCc1ccccc1.C[C@H]1C=C[CH-]OO1.[CH2-]OC(=O)C=P(c1ccccc1)(c1ccccc1)c1ccccc1.[Pt].[Y].[Y]. The summed E-state index contributed by atoms with van der Waals surface area (Å²) in [5.74, 6) is 1.25. The number of carbonyl (C=O) groups excluding carboxylic acids is 3. The molecule has 0 aromatic heterocycles. The first kappa shape index (κ1) is 47.2. The van der Waals surface area contributed by atoms with Crippen molar-refractivity contribution in [3.63, 3.8) is 0 Å². The van der Waals surface area contributed by atoms with Crippen LogP contribution in [-0.4, -0.2) is 29.6 Å². The van der Waals surface area contributed by atoms with E-state index >= 15 is 0 Å². The van der Waals surface area contributed by atoms with Gasteiger partial charge in [0, 0.05) is 105 Å². The van der Waals surface area contributed by atoms with Crippen LogP contribution in [0.5, 0.6) is 0 Å². The molecule has 1 aliphatic carbocycles. The number of esters is 2. The standard InChI is InChI=1S/C21H18O2P.C14H15O3.C5H7O2.Pt.2Y/c1-23-21(22)17-24(18-11-5-2-6-12-18,19-13-7-3-8-14-19)20-15-9-4-10-16-20;1-10(15)13-7-12(13)8-14(16)17-9-11-5-3-2-4-6-11;1-5-3-2-4-6-7-5;;;/h2-17H,1H2;2-7,12-13H,8-9H2,1H3;2-5H,1H3;;;/q3*-1;;;/t;12-,13-;5-;;;/m.10.../s1. The summed E-state index contributed by atoms with van der Waals surface area (Å²) in [6, 6.07) is 39.9. The Bertz CT molecular complexity index is 1590. The molecule has 1 aliphatic heterocycles. The molecule has 1 heterocycles. The number of hydrogen-bond acceptors (Lipinski definition) is 7. The molecule has 266 valence electrons. The summed E-state index contributed by atoms with van der Waals surface area (Å²) in [5.41, 5.74) is 0.976. The summed E-state index contributed by atoms with van der Waals surface area (Å²) < 4.78 is 9.89. The topological polar surface area (TPSA) is 88.1 Å². The predicted molar refractivity (Wildman–Crippen MR) is 191 cm³/mol. The first-order chi connectivity index (χ1) is 23.3. The smallest absolute Gasteiger partial charge is 0.303 e. The van der Waals surface area contributed by atoms with Crippen LogP contribution >= 0.6 is 6.89 Å². The van der Waals surface area contributed by atoms with Crippen molar-refractivity contribution >= 4 is 46.3 Å². The van der Waals surface area contributed by atoms with Crippen molar-refractivity contribution in [1.82, 2.24) is 0 Å². The molecule has 51 heavy (non-hydrogen) atoms. The fourth-order valence-corrected chi connectivity index (χ4v) is 8.72. The van der Waals surface area contributed by atoms with E-state index in [2.05, 4.69) is 53.3 Å². The summed E-state index contributed by atoms with van der Waals surface area (Å²) in [6.07, 6.45) is 6.03. The van der Waals surface area contributed by atoms with E-state index in [-0.39, 0.29) is 116 Å². The fourth-order valence-electron chi connectivity index (χ4n) is 5.06. The van der Waals surface area contributed by atoms with Gasteiger partial charge in [0.15, 0.2) is 0 Å². The van der Waals surface area contributed by atoms with Crippen LogP contribution in [0.4, 0.5) is 0 Å². The predicted octanol–water partition coefficient (Wildman–Crippen LogP) is 6.32. The Morgan fingerprint density at radius 1 is 0.804 bits per heavy atom. The monoisotopic (exact) mass is 1040 g/mol. The van der Waals surface area contributed by atoms with E-state index in [1.54, 1.807) is 12.7 Å². The number of benzene rings is 4. The molecule has 1 fully saturated rings. The van der Waals surface area contributed by atoms with E-state index in [1.165, 1.54) is 6.61 Å². The van der Waals surface area contributed by atoms with Crippen LogP contribution in [0.1, 0.15) is 25.8 Å². The van der Waals surface area contributed by atoms with Crippen LogP contribution in [0.2, 0.25) is 0 Å². The largest absolute Gasteiger partial charge is 0.637 e. The van der Waals surface area contributed by atoms with Gasteiger partial charge in [-0.1, -0.05) is 128 Å². The van der Waals surface area contributed by atoms with Crippen molar-refractivity contribution in [3.8, 4) is 0 Å². The molecule has 0 N–H and O–H groups in total. The zero-order valence-electron chi connectivity index (χ0n) is 28.6. The molecule has 0 saturated heterocycles. The van der Waals surface area contributed by atoms with E-state index in [0.717, 1.165) is 21.5 Å². The van der Waals surface area contributed by atoms with Crippen molar-refractivity contribution in [3.05, 3.63) is 159 Å². The average molecular weight is 1040 g/mol. The molecule has 7 nitrogen and oxygen atoms in total. The first-order valence-corrected chi connectivity index (χ1v) is 17.4. The molecule has 0 spiro atoms. The summed E-state index contributed by atoms with van der Waals surface area (Å²) in [5, 5.41) is 3.31. The first-order valence-electron chi connectivity index (χ1n) is 15.6. The Labute approximate surface area is 366 Å². The fraction of sp³-hybridized carbons (Fsp3) is 0.175. The van der Waals surface area contributed by atoms with Gasteiger partial charge in [-0.25, -0.2) is 10.9 Å². The van der Waals surface area contributed by atoms with Gasteiger partial charge in [-0.05, 0) is 42.2 Å². The number of rotatable bonds is 9. The molecule has 4 aromatic rings. The Balaban J connectivity index is 0.000000421. The van der Waals surface area contributed by atoms with Crippen molar-refractivity contribution in [2.75, 3.05) is 0 Å². The molecule has 2 aliphatic rings. The summed E-state index contributed by atoms with van der Waals surface area (Å²) in [4.78, 5) is 43.8. The number of Topliss-reactive ketones (excluding diaryl/α,β-unsaturated/α-hetero) is 1. The van der Waals surface area contributed by atoms with Gasteiger partial charge < -0.3 is 25.6 Å². The maximum absolute atomic E-state index is 12.2. The molecule has 11 heteroatoms. The second kappa shape index (κ2) is 25.3.